The SMILES string of the molecule is C=CCOc1ccc(-c2nnn(C3C[C@H]4C(=O)N[C@@]5(C(=O)O)C[C@H]5CCCCCCC[C@@H](NC(=O)OC(C)(C)C)C(=O)N4C3)n2)cc1Br. The highest BCUT2D eigenvalue weighted by molar-refractivity contribution is 9.10. The number of ether oxygens (including phenoxy) is 2. The second-order valence-corrected chi connectivity index (χ2v) is 14.6. The Labute approximate surface area is 288 Å². The summed E-state index contributed by atoms with van der Waals surface area (Å²) < 4.78 is 11.8. The van der Waals surface area contributed by atoms with Gasteiger partial charge in [0.2, 0.25) is 17.6 Å². The van der Waals surface area contributed by atoms with Crippen molar-refractivity contribution in [2.24, 2.45) is 5.92 Å². The first-order valence-electron chi connectivity index (χ1n) is 16.5. The molecule has 260 valence electrons. The molecule has 0 spiro atoms. The summed E-state index contributed by atoms with van der Waals surface area (Å²) in [5.74, 6) is -1.28. The van der Waals surface area contributed by atoms with Crippen molar-refractivity contribution in [2.75, 3.05) is 13.2 Å². The van der Waals surface area contributed by atoms with Gasteiger partial charge in [-0.15, -0.1) is 10.2 Å². The summed E-state index contributed by atoms with van der Waals surface area (Å²) in [5, 5.41) is 28.8. The Kier molecular flexibility index (Phi) is 10.8. The zero-order chi connectivity index (χ0) is 34.6. The van der Waals surface area contributed by atoms with E-state index in [4.69, 9.17) is 9.47 Å². The van der Waals surface area contributed by atoms with Crippen LogP contribution in [0.3, 0.4) is 0 Å². The number of hydrogen-bond donors (Lipinski definition) is 3. The highest BCUT2D eigenvalue weighted by Crippen LogP contribution is 2.47. The molecule has 5 atom stereocenters. The monoisotopic (exact) mass is 729 g/mol. The molecule has 1 aliphatic carbocycles. The van der Waals surface area contributed by atoms with Crippen molar-refractivity contribution in [1.29, 1.82) is 0 Å². The molecule has 3 aliphatic rings. The lowest BCUT2D eigenvalue weighted by molar-refractivity contribution is -0.146. The summed E-state index contributed by atoms with van der Waals surface area (Å²) in [6.45, 7) is 9.28. The van der Waals surface area contributed by atoms with Gasteiger partial charge in [0.15, 0.2) is 0 Å². The van der Waals surface area contributed by atoms with Crippen LogP contribution in [0.1, 0.15) is 84.6 Å². The van der Waals surface area contributed by atoms with E-state index < -0.39 is 53.1 Å². The van der Waals surface area contributed by atoms with Gasteiger partial charge in [-0.3, -0.25) is 9.59 Å². The van der Waals surface area contributed by atoms with Crippen LogP contribution in [0, 0.1) is 5.92 Å². The van der Waals surface area contributed by atoms with Gasteiger partial charge in [-0.25, -0.2) is 9.59 Å². The number of nitrogens with zero attached hydrogens (tertiary/aromatic N) is 5. The lowest BCUT2D eigenvalue weighted by Crippen LogP contribution is -2.56. The van der Waals surface area contributed by atoms with Gasteiger partial charge in [0, 0.05) is 18.5 Å². The number of alkyl carbamates (subject to hydrolysis) is 1. The zero-order valence-corrected chi connectivity index (χ0v) is 29.2. The van der Waals surface area contributed by atoms with Crippen LogP contribution in [0.25, 0.3) is 11.4 Å². The average Bonchev–Trinajstić information content (AvgIpc) is 3.32. The second-order valence-electron chi connectivity index (χ2n) is 13.8. The summed E-state index contributed by atoms with van der Waals surface area (Å²) in [6, 6.07) is 2.88. The fourth-order valence-electron chi connectivity index (χ4n) is 6.50. The van der Waals surface area contributed by atoms with Crippen molar-refractivity contribution >= 4 is 39.8 Å². The number of benzene rings is 1. The van der Waals surface area contributed by atoms with Crippen molar-refractivity contribution < 1.29 is 33.8 Å². The number of aromatic nitrogens is 4. The third kappa shape index (κ3) is 8.16. The number of carboxylic acids is 1. The van der Waals surface area contributed by atoms with E-state index in [0.29, 0.717) is 53.9 Å². The van der Waals surface area contributed by atoms with Crippen LogP contribution in [-0.4, -0.2) is 90.5 Å². The van der Waals surface area contributed by atoms with Gasteiger partial charge in [-0.2, -0.15) is 4.80 Å². The Balaban J connectivity index is 1.42. The maximum Gasteiger partial charge on any atom is 0.408 e. The molecule has 2 aliphatic heterocycles. The minimum atomic E-state index is -1.36. The van der Waals surface area contributed by atoms with Crippen LogP contribution >= 0.6 is 15.9 Å². The first-order chi connectivity index (χ1) is 22.8. The summed E-state index contributed by atoms with van der Waals surface area (Å²) in [6.07, 6.45) is 6.69. The molecule has 3 heterocycles. The number of aliphatic carboxylic acids is 1. The molecule has 1 aromatic carbocycles. The fraction of sp³-hybridized carbons (Fsp3) is 0.606. The van der Waals surface area contributed by atoms with Crippen LogP contribution in [0.2, 0.25) is 0 Å². The number of halogens is 1. The van der Waals surface area contributed by atoms with Gasteiger partial charge < -0.3 is 30.1 Å². The van der Waals surface area contributed by atoms with Crippen molar-refractivity contribution in [2.45, 2.75) is 108 Å². The van der Waals surface area contributed by atoms with E-state index in [1.807, 2.05) is 0 Å². The topological polar surface area (TPSA) is 178 Å². The van der Waals surface area contributed by atoms with Crippen LogP contribution in [0.5, 0.6) is 5.75 Å². The first kappa shape index (κ1) is 35.3. The van der Waals surface area contributed by atoms with Gasteiger partial charge in [0.25, 0.3) is 0 Å². The maximum atomic E-state index is 14.2. The molecule has 1 unspecified atom stereocenters. The number of amides is 3. The smallest absolute Gasteiger partial charge is 0.408 e. The number of fused-ring (bicyclic) bond motifs is 2. The molecule has 2 aromatic rings. The summed E-state index contributed by atoms with van der Waals surface area (Å²) >= 11 is 3.50. The highest BCUT2D eigenvalue weighted by atomic mass is 79.9. The third-order valence-corrected chi connectivity index (χ3v) is 9.65. The van der Waals surface area contributed by atoms with Gasteiger partial charge in [-0.05, 0) is 85.3 Å². The first-order valence-corrected chi connectivity index (χ1v) is 17.3. The van der Waals surface area contributed by atoms with Crippen LogP contribution < -0.4 is 15.4 Å². The molecule has 14 nitrogen and oxygen atoms in total. The Bertz CT molecular complexity index is 1540. The molecular formula is C33H44BrN7O7. The van der Waals surface area contributed by atoms with Gasteiger partial charge in [0.1, 0.15) is 35.6 Å². The number of carbonyl (C=O) groups excluding carboxylic acids is 3. The van der Waals surface area contributed by atoms with E-state index in [1.165, 1.54) is 9.70 Å². The van der Waals surface area contributed by atoms with Crippen molar-refractivity contribution in [1.82, 2.24) is 35.7 Å². The Morgan fingerprint density at radius 1 is 1.19 bits per heavy atom. The van der Waals surface area contributed by atoms with Gasteiger partial charge in [0.05, 0.1) is 10.5 Å². The summed E-state index contributed by atoms with van der Waals surface area (Å²) in [7, 11) is 0. The number of tetrazole rings is 1. The van der Waals surface area contributed by atoms with E-state index in [-0.39, 0.29) is 18.9 Å². The predicted molar refractivity (Wildman–Crippen MR) is 178 cm³/mol. The minimum absolute atomic E-state index is 0.0563. The van der Waals surface area contributed by atoms with E-state index in [0.717, 1.165) is 25.7 Å². The quantitative estimate of drug-likeness (QED) is 0.346. The lowest BCUT2D eigenvalue weighted by Gasteiger charge is -2.30. The average molecular weight is 731 g/mol. The molecule has 15 heteroatoms. The Morgan fingerprint density at radius 2 is 1.92 bits per heavy atom. The minimum Gasteiger partial charge on any atom is -0.488 e. The fourth-order valence-corrected chi connectivity index (χ4v) is 6.99. The van der Waals surface area contributed by atoms with Crippen LogP contribution in [0.15, 0.2) is 35.3 Å². The lowest BCUT2D eigenvalue weighted by atomic mass is 10.0. The summed E-state index contributed by atoms with van der Waals surface area (Å²) in [4.78, 5) is 56.2. The number of nitrogens with one attached hydrogen (secondary N) is 2. The normalized spacial score (nSPS) is 26.6. The molecule has 2 saturated heterocycles. The van der Waals surface area contributed by atoms with E-state index >= 15 is 0 Å². The Morgan fingerprint density at radius 3 is 2.60 bits per heavy atom. The molecule has 3 N–H and O–H groups in total. The third-order valence-electron chi connectivity index (χ3n) is 9.03. The standard InChI is InChI=1S/C33H44BrN7O7/c1-5-15-47-26-14-13-20(16-23(26)34)27-37-39-41(38-27)22-17-25-28(42)36-33(30(44)45)18-21(33)11-9-7-6-8-10-12-24(29(43)40(25)19-22)35-31(46)48-32(2,3)4/h5,13-14,16,21-22,24-25H,1,6-12,15,17-19H2,2-4H3,(H,35,46)(H,36,42)(H,44,45)/t21-,22?,24-,25+,33+/m1/s1. The highest BCUT2D eigenvalue weighted by Gasteiger charge is 2.62. The molecule has 0 bridgehead atoms. The number of hydrogen-bond acceptors (Lipinski definition) is 9. The Hall–Kier alpha value is -4.01. The van der Waals surface area contributed by atoms with Crippen LogP contribution in [0.4, 0.5) is 4.79 Å². The molecule has 0 radical (unpaired) electrons. The molecule has 3 fully saturated rings. The van der Waals surface area contributed by atoms with Crippen molar-refractivity contribution in [3.63, 3.8) is 0 Å². The second kappa shape index (κ2) is 14.6. The predicted octanol–water partition coefficient (Wildman–Crippen LogP) is 4.41. The van der Waals surface area contributed by atoms with Crippen molar-refractivity contribution in [3.05, 3.63) is 35.3 Å². The van der Waals surface area contributed by atoms with E-state index in [1.54, 1.807) is 45.0 Å². The van der Waals surface area contributed by atoms with E-state index in [2.05, 4.69) is 48.6 Å². The largest absolute Gasteiger partial charge is 0.488 e. The number of carboxylic acid groups (broad SMARTS) is 1. The number of carbonyl (C=O) groups is 4. The molecule has 1 saturated carbocycles. The summed E-state index contributed by atoms with van der Waals surface area (Å²) in [5.41, 5.74) is -1.46. The van der Waals surface area contributed by atoms with E-state index in [9.17, 15) is 24.3 Å². The van der Waals surface area contributed by atoms with Gasteiger partial charge >= 0.3 is 12.1 Å². The molecule has 48 heavy (non-hydrogen) atoms. The zero-order valence-electron chi connectivity index (χ0n) is 27.6. The van der Waals surface area contributed by atoms with Gasteiger partial charge in [-0.1, -0.05) is 44.8 Å². The van der Waals surface area contributed by atoms with Crippen LogP contribution in [-0.2, 0) is 19.1 Å². The molecular weight excluding hydrogens is 686 g/mol. The molecule has 1 aromatic heterocycles. The molecule has 5 rings (SSSR count). The molecule has 3 amide bonds. The van der Waals surface area contributed by atoms with Crippen molar-refractivity contribution in [3.8, 4) is 17.1 Å². The number of rotatable bonds is 7. The maximum absolute atomic E-state index is 14.2.